The SMILES string of the molecule is Cc1nn(-c2ccccc2F)c(C)c1[C@@H]1COCCN1C(N)=O. The van der Waals surface area contributed by atoms with E-state index in [0.717, 1.165) is 17.0 Å². The van der Waals surface area contributed by atoms with Gasteiger partial charge in [-0.05, 0) is 26.0 Å². The fourth-order valence-electron chi connectivity index (χ4n) is 3.10. The second kappa shape index (κ2) is 6.00. The number of nitrogens with two attached hydrogens (primary N) is 1. The van der Waals surface area contributed by atoms with Crippen LogP contribution in [-0.2, 0) is 4.74 Å². The molecule has 1 aliphatic rings. The van der Waals surface area contributed by atoms with Crippen molar-refractivity contribution in [1.82, 2.24) is 14.7 Å². The van der Waals surface area contributed by atoms with Gasteiger partial charge in [0.1, 0.15) is 11.5 Å². The molecule has 2 aromatic rings. The molecule has 2 N–H and O–H groups in total. The van der Waals surface area contributed by atoms with Gasteiger partial charge in [-0.25, -0.2) is 13.9 Å². The van der Waals surface area contributed by atoms with Crippen molar-refractivity contribution in [2.24, 2.45) is 5.73 Å². The molecule has 1 aliphatic heterocycles. The molecule has 122 valence electrons. The summed E-state index contributed by atoms with van der Waals surface area (Å²) in [5.74, 6) is -0.351. The summed E-state index contributed by atoms with van der Waals surface area (Å²) in [4.78, 5) is 13.3. The third-order valence-electron chi connectivity index (χ3n) is 4.17. The van der Waals surface area contributed by atoms with Crippen molar-refractivity contribution in [1.29, 1.82) is 0 Å². The highest BCUT2D eigenvalue weighted by Gasteiger charge is 2.32. The van der Waals surface area contributed by atoms with Crippen LogP contribution >= 0.6 is 0 Å². The van der Waals surface area contributed by atoms with Crippen LogP contribution in [0.4, 0.5) is 9.18 Å². The molecule has 1 aromatic heterocycles. The van der Waals surface area contributed by atoms with E-state index in [0.29, 0.717) is 25.4 Å². The van der Waals surface area contributed by atoms with Crippen LogP contribution in [0.3, 0.4) is 0 Å². The molecule has 3 rings (SSSR count). The summed E-state index contributed by atoms with van der Waals surface area (Å²) in [6, 6.07) is 5.66. The average Bonchev–Trinajstić information content (AvgIpc) is 2.82. The van der Waals surface area contributed by atoms with Crippen LogP contribution in [0.1, 0.15) is 23.0 Å². The summed E-state index contributed by atoms with van der Waals surface area (Å²) in [5, 5.41) is 4.45. The first-order valence-electron chi connectivity index (χ1n) is 7.45. The maximum absolute atomic E-state index is 14.1. The number of aryl methyl sites for hydroxylation is 1. The minimum atomic E-state index is -0.490. The Kier molecular flexibility index (Phi) is 4.04. The normalized spacial score (nSPS) is 18.2. The van der Waals surface area contributed by atoms with E-state index in [4.69, 9.17) is 10.5 Å². The Morgan fingerprint density at radius 1 is 1.39 bits per heavy atom. The zero-order chi connectivity index (χ0) is 16.6. The monoisotopic (exact) mass is 318 g/mol. The van der Waals surface area contributed by atoms with Crippen LogP contribution < -0.4 is 5.73 Å². The molecular formula is C16H19FN4O2. The van der Waals surface area contributed by atoms with Crippen LogP contribution in [0.2, 0.25) is 0 Å². The molecule has 1 fully saturated rings. The van der Waals surface area contributed by atoms with Crippen LogP contribution in [0.15, 0.2) is 24.3 Å². The van der Waals surface area contributed by atoms with E-state index in [-0.39, 0.29) is 11.9 Å². The van der Waals surface area contributed by atoms with E-state index in [1.165, 1.54) is 6.07 Å². The number of halogens is 1. The number of urea groups is 1. The number of ether oxygens (including phenoxy) is 1. The first-order valence-corrected chi connectivity index (χ1v) is 7.45. The quantitative estimate of drug-likeness (QED) is 0.921. The lowest BCUT2D eigenvalue weighted by Crippen LogP contribution is -2.46. The topological polar surface area (TPSA) is 73.4 Å². The number of hydrogen-bond donors (Lipinski definition) is 1. The Morgan fingerprint density at radius 3 is 2.83 bits per heavy atom. The van der Waals surface area contributed by atoms with Gasteiger partial charge in [0.25, 0.3) is 0 Å². The Hall–Kier alpha value is -2.41. The van der Waals surface area contributed by atoms with Crippen molar-refractivity contribution in [3.63, 3.8) is 0 Å². The number of primary amides is 1. The largest absolute Gasteiger partial charge is 0.377 e. The molecule has 1 aromatic carbocycles. The van der Waals surface area contributed by atoms with Gasteiger partial charge in [-0.3, -0.25) is 0 Å². The summed E-state index contributed by atoms with van der Waals surface area (Å²) < 4.78 is 21.1. The van der Waals surface area contributed by atoms with Gasteiger partial charge in [0, 0.05) is 17.8 Å². The number of hydrogen-bond acceptors (Lipinski definition) is 3. The van der Waals surface area contributed by atoms with Crippen molar-refractivity contribution in [2.45, 2.75) is 19.9 Å². The highest BCUT2D eigenvalue weighted by atomic mass is 19.1. The molecule has 0 saturated carbocycles. The first kappa shape index (κ1) is 15.5. The molecule has 1 atom stereocenters. The molecule has 2 heterocycles. The molecule has 1 saturated heterocycles. The number of morpholine rings is 1. The van der Waals surface area contributed by atoms with Gasteiger partial charge in [-0.15, -0.1) is 0 Å². The summed E-state index contributed by atoms with van der Waals surface area (Å²) in [7, 11) is 0. The van der Waals surface area contributed by atoms with Crippen molar-refractivity contribution in [3.8, 4) is 5.69 Å². The standard InChI is InChI=1S/C16H19FN4O2/c1-10-15(14-9-23-8-7-20(14)16(18)22)11(2)21(19-10)13-6-4-3-5-12(13)17/h3-6,14H,7-9H2,1-2H3,(H2,18,22)/t14-/m0/s1. The Bertz CT molecular complexity index is 744. The fourth-order valence-corrected chi connectivity index (χ4v) is 3.10. The van der Waals surface area contributed by atoms with Crippen LogP contribution in [0, 0.1) is 19.7 Å². The van der Waals surface area contributed by atoms with Crippen LogP contribution in [0.5, 0.6) is 0 Å². The molecule has 0 unspecified atom stereocenters. The number of rotatable bonds is 2. The maximum Gasteiger partial charge on any atom is 0.315 e. The smallest absolute Gasteiger partial charge is 0.315 e. The second-order valence-electron chi connectivity index (χ2n) is 5.57. The third-order valence-corrected chi connectivity index (χ3v) is 4.17. The second-order valence-corrected chi connectivity index (χ2v) is 5.57. The van der Waals surface area contributed by atoms with Gasteiger partial charge in [-0.1, -0.05) is 12.1 Å². The highest BCUT2D eigenvalue weighted by Crippen LogP contribution is 2.30. The van der Waals surface area contributed by atoms with E-state index in [1.54, 1.807) is 27.8 Å². The molecule has 6 nitrogen and oxygen atoms in total. The van der Waals surface area contributed by atoms with Gasteiger partial charge in [0.2, 0.25) is 0 Å². The van der Waals surface area contributed by atoms with Crippen LogP contribution in [-0.4, -0.2) is 40.5 Å². The van der Waals surface area contributed by atoms with Crippen molar-refractivity contribution in [3.05, 3.63) is 47.0 Å². The van der Waals surface area contributed by atoms with Gasteiger partial charge >= 0.3 is 6.03 Å². The summed E-state index contributed by atoms with van der Waals surface area (Å²) >= 11 is 0. The van der Waals surface area contributed by atoms with E-state index in [1.807, 2.05) is 13.8 Å². The molecular weight excluding hydrogens is 299 g/mol. The lowest BCUT2D eigenvalue weighted by molar-refractivity contribution is 0.0133. The Balaban J connectivity index is 2.08. The molecule has 7 heteroatoms. The highest BCUT2D eigenvalue weighted by molar-refractivity contribution is 5.73. The molecule has 0 bridgehead atoms. The number of para-hydroxylation sites is 1. The number of carbonyl (C=O) groups excluding carboxylic acids is 1. The zero-order valence-corrected chi connectivity index (χ0v) is 13.1. The minimum Gasteiger partial charge on any atom is -0.377 e. The van der Waals surface area contributed by atoms with Gasteiger partial charge in [0.15, 0.2) is 0 Å². The number of amides is 2. The summed E-state index contributed by atoms with van der Waals surface area (Å²) in [6.07, 6.45) is 0. The number of carbonyl (C=O) groups is 1. The predicted octanol–water partition coefficient (Wildman–Crippen LogP) is 2.08. The zero-order valence-electron chi connectivity index (χ0n) is 13.1. The molecule has 23 heavy (non-hydrogen) atoms. The maximum atomic E-state index is 14.1. The van der Waals surface area contributed by atoms with Crippen LogP contribution in [0.25, 0.3) is 5.69 Å². The third kappa shape index (κ3) is 2.68. The summed E-state index contributed by atoms with van der Waals surface area (Å²) in [6.45, 7) is 4.94. The average molecular weight is 318 g/mol. The molecule has 0 spiro atoms. The minimum absolute atomic E-state index is 0.304. The number of aromatic nitrogens is 2. The van der Waals surface area contributed by atoms with Crippen molar-refractivity contribution < 1.29 is 13.9 Å². The van der Waals surface area contributed by atoms with Gasteiger partial charge < -0.3 is 15.4 Å². The Morgan fingerprint density at radius 2 is 2.13 bits per heavy atom. The van der Waals surface area contributed by atoms with E-state index in [2.05, 4.69) is 5.10 Å². The van der Waals surface area contributed by atoms with E-state index >= 15 is 0 Å². The van der Waals surface area contributed by atoms with E-state index < -0.39 is 6.03 Å². The lowest BCUT2D eigenvalue weighted by Gasteiger charge is -2.34. The molecule has 2 amide bonds. The van der Waals surface area contributed by atoms with Crippen molar-refractivity contribution in [2.75, 3.05) is 19.8 Å². The Labute approximate surface area is 133 Å². The predicted molar refractivity (Wildman–Crippen MR) is 82.8 cm³/mol. The lowest BCUT2D eigenvalue weighted by atomic mass is 10.0. The summed E-state index contributed by atoms with van der Waals surface area (Å²) in [5.41, 5.74) is 8.21. The van der Waals surface area contributed by atoms with Gasteiger partial charge in [-0.2, -0.15) is 5.10 Å². The number of nitrogens with zero attached hydrogens (tertiary/aromatic N) is 3. The first-order chi connectivity index (χ1) is 11.0. The van der Waals surface area contributed by atoms with Crippen molar-refractivity contribution >= 4 is 6.03 Å². The molecule has 0 radical (unpaired) electrons. The van der Waals surface area contributed by atoms with Gasteiger partial charge in [0.05, 0.1) is 24.9 Å². The van der Waals surface area contributed by atoms with E-state index in [9.17, 15) is 9.18 Å². The fraction of sp³-hybridized carbons (Fsp3) is 0.375. The molecule has 0 aliphatic carbocycles. The number of benzene rings is 1.